The lowest BCUT2D eigenvalue weighted by molar-refractivity contribution is 0.0247. The largest absolute Gasteiger partial charge is 0.379 e. The van der Waals surface area contributed by atoms with E-state index >= 15 is 0 Å². The van der Waals surface area contributed by atoms with Crippen molar-refractivity contribution in [3.8, 4) is 0 Å². The number of aliphatic imine (C=N–C) groups is 1. The van der Waals surface area contributed by atoms with Crippen LogP contribution in [0.1, 0.15) is 32.1 Å². The molecule has 1 saturated heterocycles. The number of hydrazine groups is 1. The number of nitrogens with one attached hydrogen (secondary N) is 2. The maximum absolute atomic E-state index is 5.41. The summed E-state index contributed by atoms with van der Waals surface area (Å²) in [6, 6.07) is 10.7. The molecule has 2 N–H and O–H groups in total. The van der Waals surface area contributed by atoms with Crippen LogP contribution in [0.25, 0.3) is 0 Å². The maximum atomic E-state index is 5.41. The van der Waals surface area contributed by atoms with Crippen molar-refractivity contribution in [3.05, 3.63) is 30.3 Å². The smallest absolute Gasteiger partial charge is 0.210 e. The second-order valence-corrected chi connectivity index (χ2v) is 5.97. The van der Waals surface area contributed by atoms with E-state index in [9.17, 15) is 0 Å². The molecule has 0 spiro atoms. The van der Waals surface area contributed by atoms with Gasteiger partial charge in [-0.2, -0.15) is 0 Å². The Bertz CT molecular complexity index is 465. The van der Waals surface area contributed by atoms with Crippen molar-refractivity contribution < 1.29 is 4.74 Å². The van der Waals surface area contributed by atoms with Gasteiger partial charge in [-0.25, -0.2) is 10.0 Å². The highest BCUT2D eigenvalue weighted by molar-refractivity contribution is 5.93. The Labute approximate surface area is 132 Å². The Balaban J connectivity index is 1.67. The third-order valence-electron chi connectivity index (χ3n) is 4.20. The summed E-state index contributed by atoms with van der Waals surface area (Å²) in [6.07, 6.45) is 6.34. The molecule has 0 bridgehead atoms. The van der Waals surface area contributed by atoms with E-state index in [2.05, 4.69) is 27.9 Å². The van der Waals surface area contributed by atoms with Gasteiger partial charge in [-0.3, -0.25) is 5.43 Å². The SMILES string of the molecule is c1ccc(NC(=NC2CCCCC2)NN2CCOCC2)cc1. The number of rotatable bonds is 3. The molecule has 0 unspecified atom stereocenters. The molecular formula is C17H26N4O. The van der Waals surface area contributed by atoms with Gasteiger partial charge in [-0.15, -0.1) is 0 Å². The fourth-order valence-corrected chi connectivity index (χ4v) is 2.96. The Morgan fingerprint density at radius 3 is 2.50 bits per heavy atom. The Morgan fingerprint density at radius 1 is 1.05 bits per heavy atom. The molecule has 5 heteroatoms. The standard InChI is InChI=1S/C17H26N4O/c1-3-7-15(8-4-1)18-17(19-16-9-5-2-6-10-16)20-21-11-13-22-14-12-21/h1,3-4,7-8,16H,2,5-6,9-14H2,(H2,18,19,20). The normalized spacial score (nSPS) is 21.5. The van der Waals surface area contributed by atoms with Crippen molar-refractivity contribution >= 4 is 11.6 Å². The molecule has 120 valence electrons. The van der Waals surface area contributed by atoms with Crippen LogP contribution in [-0.4, -0.2) is 43.3 Å². The Hall–Kier alpha value is -1.59. The molecule has 0 aromatic heterocycles. The van der Waals surface area contributed by atoms with Gasteiger partial charge in [0, 0.05) is 18.8 Å². The molecule has 1 aromatic rings. The topological polar surface area (TPSA) is 48.9 Å². The zero-order valence-electron chi connectivity index (χ0n) is 13.1. The lowest BCUT2D eigenvalue weighted by Gasteiger charge is -2.29. The van der Waals surface area contributed by atoms with Crippen LogP contribution in [0.15, 0.2) is 35.3 Å². The number of hydrogen-bond donors (Lipinski definition) is 2. The lowest BCUT2D eigenvalue weighted by Crippen LogP contribution is -2.50. The van der Waals surface area contributed by atoms with Gasteiger partial charge in [-0.05, 0) is 25.0 Å². The molecule has 2 fully saturated rings. The van der Waals surface area contributed by atoms with Crippen LogP contribution in [0, 0.1) is 0 Å². The van der Waals surface area contributed by atoms with Gasteiger partial charge >= 0.3 is 0 Å². The van der Waals surface area contributed by atoms with Crippen molar-refractivity contribution in [1.29, 1.82) is 0 Å². The van der Waals surface area contributed by atoms with Crippen LogP contribution in [0.5, 0.6) is 0 Å². The summed E-state index contributed by atoms with van der Waals surface area (Å²) in [5.74, 6) is 0.861. The summed E-state index contributed by atoms with van der Waals surface area (Å²) in [5.41, 5.74) is 4.51. The van der Waals surface area contributed by atoms with E-state index in [-0.39, 0.29) is 0 Å². The molecular weight excluding hydrogens is 276 g/mol. The first-order chi connectivity index (χ1) is 10.9. The predicted molar refractivity (Wildman–Crippen MR) is 89.9 cm³/mol. The molecule has 1 aromatic carbocycles. The van der Waals surface area contributed by atoms with Gasteiger partial charge in [0.1, 0.15) is 0 Å². The van der Waals surface area contributed by atoms with E-state index in [0.29, 0.717) is 6.04 Å². The minimum Gasteiger partial charge on any atom is -0.379 e. The summed E-state index contributed by atoms with van der Waals surface area (Å²) >= 11 is 0. The number of anilines is 1. The monoisotopic (exact) mass is 302 g/mol. The molecule has 1 heterocycles. The summed E-state index contributed by atoms with van der Waals surface area (Å²) in [7, 11) is 0. The molecule has 1 saturated carbocycles. The average Bonchev–Trinajstić information content (AvgIpc) is 2.57. The second kappa shape index (κ2) is 8.15. The van der Waals surface area contributed by atoms with E-state index in [1.165, 1.54) is 32.1 Å². The highest BCUT2D eigenvalue weighted by Gasteiger charge is 2.16. The van der Waals surface area contributed by atoms with E-state index in [1.807, 2.05) is 18.2 Å². The van der Waals surface area contributed by atoms with Crippen LogP contribution in [-0.2, 0) is 4.74 Å². The molecule has 3 rings (SSSR count). The fraction of sp³-hybridized carbons (Fsp3) is 0.588. The average molecular weight is 302 g/mol. The van der Waals surface area contributed by atoms with E-state index < -0.39 is 0 Å². The van der Waals surface area contributed by atoms with Crippen LogP contribution < -0.4 is 10.7 Å². The zero-order valence-corrected chi connectivity index (χ0v) is 13.1. The summed E-state index contributed by atoms with van der Waals surface area (Å²) < 4.78 is 5.41. The molecule has 0 radical (unpaired) electrons. The molecule has 22 heavy (non-hydrogen) atoms. The molecule has 5 nitrogen and oxygen atoms in total. The second-order valence-electron chi connectivity index (χ2n) is 5.97. The zero-order chi connectivity index (χ0) is 15.0. The third kappa shape index (κ3) is 4.71. The minimum atomic E-state index is 0.438. The van der Waals surface area contributed by atoms with Crippen LogP contribution in [0.4, 0.5) is 5.69 Å². The first-order valence-corrected chi connectivity index (χ1v) is 8.39. The molecule has 0 amide bonds. The van der Waals surface area contributed by atoms with Crippen LogP contribution in [0.2, 0.25) is 0 Å². The summed E-state index contributed by atoms with van der Waals surface area (Å²) in [6.45, 7) is 3.32. The van der Waals surface area contributed by atoms with Crippen molar-refractivity contribution in [2.45, 2.75) is 38.1 Å². The summed E-state index contributed by atoms with van der Waals surface area (Å²) in [5, 5.41) is 5.61. The highest BCUT2D eigenvalue weighted by Crippen LogP contribution is 2.20. The van der Waals surface area contributed by atoms with Crippen molar-refractivity contribution in [1.82, 2.24) is 10.4 Å². The number of morpholine rings is 1. The van der Waals surface area contributed by atoms with Gasteiger partial charge in [0.25, 0.3) is 0 Å². The van der Waals surface area contributed by atoms with E-state index in [1.54, 1.807) is 0 Å². The maximum Gasteiger partial charge on any atom is 0.210 e. The lowest BCUT2D eigenvalue weighted by atomic mass is 9.96. The number of hydrogen-bond acceptors (Lipinski definition) is 3. The molecule has 1 aliphatic carbocycles. The number of nitrogens with zero attached hydrogens (tertiary/aromatic N) is 2. The number of guanidine groups is 1. The molecule has 0 atom stereocenters. The van der Waals surface area contributed by atoms with Crippen molar-refractivity contribution in [2.75, 3.05) is 31.6 Å². The third-order valence-corrected chi connectivity index (χ3v) is 4.20. The Morgan fingerprint density at radius 2 is 1.77 bits per heavy atom. The fourth-order valence-electron chi connectivity index (χ4n) is 2.96. The van der Waals surface area contributed by atoms with E-state index in [0.717, 1.165) is 38.0 Å². The molecule has 1 aliphatic heterocycles. The van der Waals surface area contributed by atoms with Crippen molar-refractivity contribution in [2.24, 2.45) is 4.99 Å². The first kappa shape index (κ1) is 15.3. The highest BCUT2D eigenvalue weighted by atomic mass is 16.5. The van der Waals surface area contributed by atoms with Gasteiger partial charge in [0.2, 0.25) is 5.96 Å². The predicted octanol–water partition coefficient (Wildman–Crippen LogP) is 2.62. The number of benzene rings is 1. The number of ether oxygens (including phenoxy) is 1. The minimum absolute atomic E-state index is 0.438. The first-order valence-electron chi connectivity index (χ1n) is 8.39. The number of para-hydroxylation sites is 1. The molecule has 2 aliphatic rings. The summed E-state index contributed by atoms with van der Waals surface area (Å²) in [4.78, 5) is 4.94. The van der Waals surface area contributed by atoms with Gasteiger partial charge < -0.3 is 10.1 Å². The van der Waals surface area contributed by atoms with Crippen LogP contribution in [0.3, 0.4) is 0 Å². The van der Waals surface area contributed by atoms with E-state index in [4.69, 9.17) is 9.73 Å². The van der Waals surface area contributed by atoms with Crippen molar-refractivity contribution in [3.63, 3.8) is 0 Å². The van der Waals surface area contributed by atoms with Gasteiger partial charge in [-0.1, -0.05) is 37.5 Å². The van der Waals surface area contributed by atoms with Crippen LogP contribution >= 0.6 is 0 Å². The quantitative estimate of drug-likeness (QED) is 0.666. The Kier molecular flexibility index (Phi) is 5.67. The van der Waals surface area contributed by atoms with Gasteiger partial charge in [0.05, 0.1) is 19.3 Å². The van der Waals surface area contributed by atoms with Gasteiger partial charge in [0.15, 0.2) is 0 Å².